The van der Waals surface area contributed by atoms with Gasteiger partial charge in [-0.25, -0.2) is 0 Å². The zero-order valence-corrected chi connectivity index (χ0v) is 19.2. The molecule has 168 valence electrons. The predicted molar refractivity (Wildman–Crippen MR) is 130 cm³/mol. The van der Waals surface area contributed by atoms with Gasteiger partial charge in [-0.2, -0.15) is 0 Å². The molecule has 2 aromatic heterocycles. The summed E-state index contributed by atoms with van der Waals surface area (Å²) in [7, 11) is 0. The summed E-state index contributed by atoms with van der Waals surface area (Å²) in [6, 6.07) is 18.2. The van der Waals surface area contributed by atoms with Crippen LogP contribution in [0.15, 0.2) is 73.2 Å². The first kappa shape index (κ1) is 20.4. The molecule has 0 radical (unpaired) electrons. The van der Waals surface area contributed by atoms with Crippen LogP contribution in [0.5, 0.6) is 5.75 Å². The van der Waals surface area contributed by atoms with Crippen molar-refractivity contribution >= 4 is 28.4 Å². The molecule has 4 aromatic rings. The van der Waals surface area contributed by atoms with Crippen LogP contribution in [0.2, 0.25) is 5.02 Å². The molecule has 1 fully saturated rings. The van der Waals surface area contributed by atoms with E-state index in [0.717, 1.165) is 61.2 Å². The number of rotatable bonds is 4. The van der Waals surface area contributed by atoms with E-state index in [1.54, 1.807) is 0 Å². The van der Waals surface area contributed by atoms with Crippen molar-refractivity contribution in [3.05, 3.63) is 89.3 Å². The largest absolute Gasteiger partial charge is 0.492 e. The highest BCUT2D eigenvalue weighted by Gasteiger charge is 2.43. The van der Waals surface area contributed by atoms with Crippen molar-refractivity contribution in [1.82, 2.24) is 14.0 Å². The average Bonchev–Trinajstić information content (AvgIpc) is 3.57. The number of piperidine rings is 1. The van der Waals surface area contributed by atoms with Crippen molar-refractivity contribution in [3.63, 3.8) is 0 Å². The number of carbonyl (C=O) groups is 1. The van der Waals surface area contributed by atoms with Gasteiger partial charge in [-0.15, -0.1) is 0 Å². The Morgan fingerprint density at radius 1 is 1.00 bits per heavy atom. The second-order valence-corrected chi connectivity index (χ2v) is 9.61. The molecule has 5 nitrogen and oxygen atoms in total. The SMILES string of the molecule is O=C(c1cn(CCn2cccc2)c2cc(Cl)ccc12)N1CCC2(CC1)COc1ccccc12. The Kier molecular flexibility index (Phi) is 4.95. The lowest BCUT2D eigenvalue weighted by Gasteiger charge is -2.38. The second-order valence-electron chi connectivity index (χ2n) is 9.18. The van der Waals surface area contributed by atoms with Crippen LogP contribution < -0.4 is 4.74 Å². The molecule has 6 rings (SSSR count). The van der Waals surface area contributed by atoms with Gasteiger partial charge in [0, 0.05) is 66.2 Å². The predicted octanol–water partition coefficient (Wildman–Crippen LogP) is 5.36. The molecule has 0 unspecified atom stereocenters. The molecule has 2 aliphatic rings. The molecule has 6 heteroatoms. The highest BCUT2D eigenvalue weighted by molar-refractivity contribution is 6.31. The molecule has 1 saturated heterocycles. The lowest BCUT2D eigenvalue weighted by molar-refractivity contribution is 0.0648. The van der Waals surface area contributed by atoms with Crippen molar-refractivity contribution < 1.29 is 9.53 Å². The standard InChI is InChI=1S/C27H26ClN3O2/c28-20-7-8-21-22(18-31(24(21)17-20)16-15-29-11-3-4-12-29)26(32)30-13-9-27(10-14-30)19-33-25-6-2-1-5-23(25)27/h1-8,11-12,17-18H,9-10,13-16,19H2. The molecule has 1 amide bonds. The monoisotopic (exact) mass is 459 g/mol. The Balaban J connectivity index is 1.25. The number of para-hydroxylation sites is 1. The number of nitrogens with zero attached hydrogens (tertiary/aromatic N) is 3. The van der Waals surface area contributed by atoms with Crippen molar-refractivity contribution in [2.24, 2.45) is 0 Å². The molecule has 0 aliphatic carbocycles. The number of halogens is 1. The summed E-state index contributed by atoms with van der Waals surface area (Å²) in [4.78, 5) is 15.6. The minimum Gasteiger partial charge on any atom is -0.492 e. The van der Waals surface area contributed by atoms with Crippen LogP contribution in [0, 0.1) is 0 Å². The van der Waals surface area contributed by atoms with Gasteiger partial charge in [0.25, 0.3) is 5.91 Å². The summed E-state index contributed by atoms with van der Waals surface area (Å²) in [5.74, 6) is 1.10. The Hall–Kier alpha value is -3.18. The van der Waals surface area contributed by atoms with E-state index in [0.29, 0.717) is 11.6 Å². The lowest BCUT2D eigenvalue weighted by atomic mass is 9.74. The van der Waals surface area contributed by atoms with E-state index in [9.17, 15) is 4.79 Å². The van der Waals surface area contributed by atoms with E-state index in [2.05, 4.69) is 39.7 Å². The number of hydrogen-bond donors (Lipinski definition) is 0. The van der Waals surface area contributed by atoms with Crippen LogP contribution in [0.1, 0.15) is 28.8 Å². The summed E-state index contributed by atoms with van der Waals surface area (Å²) in [5, 5.41) is 1.65. The van der Waals surface area contributed by atoms with E-state index < -0.39 is 0 Å². The first-order valence-electron chi connectivity index (χ1n) is 11.5. The summed E-state index contributed by atoms with van der Waals surface area (Å²) in [6.45, 7) is 3.80. The number of carbonyl (C=O) groups excluding carboxylic acids is 1. The number of amides is 1. The highest BCUT2D eigenvalue weighted by Crippen LogP contribution is 2.45. The number of aryl methyl sites for hydroxylation is 2. The molecule has 0 N–H and O–H groups in total. The molecule has 0 atom stereocenters. The van der Waals surface area contributed by atoms with E-state index >= 15 is 0 Å². The first-order chi connectivity index (χ1) is 16.1. The van der Waals surface area contributed by atoms with Gasteiger partial charge in [-0.3, -0.25) is 4.79 Å². The summed E-state index contributed by atoms with van der Waals surface area (Å²) in [6.07, 6.45) is 7.96. The third-order valence-corrected chi connectivity index (χ3v) is 7.55. The fraction of sp³-hybridized carbons (Fsp3) is 0.296. The highest BCUT2D eigenvalue weighted by atomic mass is 35.5. The zero-order chi connectivity index (χ0) is 22.4. The normalized spacial score (nSPS) is 16.8. The average molecular weight is 460 g/mol. The maximum atomic E-state index is 13.6. The van der Waals surface area contributed by atoms with Crippen LogP contribution in [-0.4, -0.2) is 39.6 Å². The van der Waals surface area contributed by atoms with Gasteiger partial charge in [0.05, 0.1) is 17.7 Å². The smallest absolute Gasteiger partial charge is 0.256 e. The van der Waals surface area contributed by atoms with Gasteiger partial charge >= 0.3 is 0 Å². The molecular weight excluding hydrogens is 434 g/mol. The van der Waals surface area contributed by atoms with E-state index in [4.69, 9.17) is 16.3 Å². The molecule has 33 heavy (non-hydrogen) atoms. The van der Waals surface area contributed by atoms with Gasteiger partial charge in [0.15, 0.2) is 0 Å². The zero-order valence-electron chi connectivity index (χ0n) is 18.4. The van der Waals surface area contributed by atoms with Gasteiger partial charge < -0.3 is 18.8 Å². The fourth-order valence-corrected chi connectivity index (χ4v) is 5.58. The molecule has 1 spiro atoms. The van der Waals surface area contributed by atoms with E-state index in [1.165, 1.54) is 5.56 Å². The van der Waals surface area contributed by atoms with Crippen LogP contribution in [0.3, 0.4) is 0 Å². The number of aromatic nitrogens is 2. The van der Waals surface area contributed by atoms with Crippen molar-refractivity contribution in [2.75, 3.05) is 19.7 Å². The maximum absolute atomic E-state index is 13.6. The van der Waals surface area contributed by atoms with Crippen LogP contribution in [0.4, 0.5) is 0 Å². The Morgan fingerprint density at radius 2 is 1.79 bits per heavy atom. The minimum absolute atomic E-state index is 0.0334. The van der Waals surface area contributed by atoms with Crippen molar-refractivity contribution in [1.29, 1.82) is 0 Å². The van der Waals surface area contributed by atoms with Gasteiger partial charge in [0.2, 0.25) is 0 Å². The third kappa shape index (κ3) is 3.51. The molecular formula is C27H26ClN3O2. The number of fused-ring (bicyclic) bond motifs is 3. The van der Waals surface area contributed by atoms with Gasteiger partial charge in [-0.1, -0.05) is 35.9 Å². The van der Waals surface area contributed by atoms with Gasteiger partial charge in [0.1, 0.15) is 5.75 Å². The molecule has 0 saturated carbocycles. The number of likely N-dealkylation sites (tertiary alicyclic amines) is 1. The summed E-state index contributed by atoms with van der Waals surface area (Å²) < 4.78 is 10.3. The second kappa shape index (κ2) is 7.99. The summed E-state index contributed by atoms with van der Waals surface area (Å²) >= 11 is 6.31. The maximum Gasteiger partial charge on any atom is 0.256 e. The van der Waals surface area contributed by atoms with Crippen molar-refractivity contribution in [3.8, 4) is 5.75 Å². The number of hydrogen-bond acceptors (Lipinski definition) is 2. The van der Waals surface area contributed by atoms with Crippen molar-refractivity contribution in [2.45, 2.75) is 31.3 Å². The Labute approximate surface area is 198 Å². The number of ether oxygens (including phenoxy) is 1. The molecule has 0 bridgehead atoms. The lowest BCUT2D eigenvalue weighted by Crippen LogP contribution is -2.46. The third-order valence-electron chi connectivity index (χ3n) is 7.31. The van der Waals surface area contributed by atoms with Crippen LogP contribution in [0.25, 0.3) is 10.9 Å². The first-order valence-corrected chi connectivity index (χ1v) is 11.9. The molecule has 4 heterocycles. The van der Waals surface area contributed by atoms with Crippen LogP contribution >= 0.6 is 11.6 Å². The number of benzene rings is 2. The van der Waals surface area contributed by atoms with Crippen LogP contribution in [-0.2, 0) is 18.5 Å². The van der Waals surface area contributed by atoms with E-state index in [-0.39, 0.29) is 11.3 Å². The Bertz CT molecular complexity index is 1320. The molecule has 2 aromatic carbocycles. The topological polar surface area (TPSA) is 39.4 Å². The minimum atomic E-state index is 0.0334. The quantitative estimate of drug-likeness (QED) is 0.412. The van der Waals surface area contributed by atoms with E-state index in [1.807, 2.05) is 47.5 Å². The fourth-order valence-electron chi connectivity index (χ4n) is 5.41. The Morgan fingerprint density at radius 3 is 2.61 bits per heavy atom. The van der Waals surface area contributed by atoms with Gasteiger partial charge in [-0.05, 0) is 43.2 Å². The summed E-state index contributed by atoms with van der Waals surface area (Å²) in [5.41, 5.74) is 3.09. The molecule has 2 aliphatic heterocycles.